The van der Waals surface area contributed by atoms with Crippen molar-refractivity contribution in [2.75, 3.05) is 12.0 Å². The molecule has 2 N–H and O–H groups in total. The van der Waals surface area contributed by atoms with Gasteiger partial charge in [0.1, 0.15) is 0 Å². The van der Waals surface area contributed by atoms with E-state index < -0.39 is 0 Å². The highest BCUT2D eigenvalue weighted by Crippen LogP contribution is 2.02. The Hall–Kier alpha value is -0.620. The van der Waals surface area contributed by atoms with Gasteiger partial charge in [-0.3, -0.25) is 0 Å². The molecule has 0 amide bonds. The summed E-state index contributed by atoms with van der Waals surface area (Å²) in [5.74, 6) is 1.82. The standard InChI is InChI=1S/C7H15N5S/c1-12-10-7(9-11-12)5-6(8)3-4-13-2/h6H,3-5,8H2,1-2H3. The van der Waals surface area contributed by atoms with Gasteiger partial charge in [-0.25, -0.2) is 0 Å². The molecule has 0 fully saturated rings. The maximum atomic E-state index is 5.87. The fourth-order valence-electron chi connectivity index (χ4n) is 1.01. The second-order valence-corrected chi connectivity index (χ2v) is 3.93. The van der Waals surface area contributed by atoms with Crippen LogP contribution in [0.5, 0.6) is 0 Å². The highest BCUT2D eigenvalue weighted by molar-refractivity contribution is 7.98. The number of nitrogens with zero attached hydrogens (tertiary/aromatic N) is 4. The highest BCUT2D eigenvalue weighted by atomic mass is 32.2. The van der Waals surface area contributed by atoms with Gasteiger partial charge >= 0.3 is 0 Å². The number of aryl methyl sites for hydroxylation is 1. The highest BCUT2D eigenvalue weighted by Gasteiger charge is 2.07. The Morgan fingerprint density at radius 3 is 2.92 bits per heavy atom. The van der Waals surface area contributed by atoms with Crippen molar-refractivity contribution in [1.82, 2.24) is 20.2 Å². The van der Waals surface area contributed by atoms with E-state index in [-0.39, 0.29) is 6.04 Å². The SMILES string of the molecule is CSCCC(N)Cc1nnn(C)n1. The van der Waals surface area contributed by atoms with Crippen molar-refractivity contribution in [3.8, 4) is 0 Å². The molecule has 1 aromatic rings. The second kappa shape index (κ2) is 5.18. The van der Waals surface area contributed by atoms with Gasteiger partial charge in [-0.15, -0.1) is 10.2 Å². The van der Waals surface area contributed by atoms with Crippen molar-refractivity contribution >= 4 is 11.8 Å². The molecule has 0 aliphatic carbocycles. The summed E-state index contributed by atoms with van der Waals surface area (Å²) < 4.78 is 0. The van der Waals surface area contributed by atoms with Crippen LogP contribution in [0, 0.1) is 0 Å². The number of rotatable bonds is 5. The Morgan fingerprint density at radius 1 is 1.62 bits per heavy atom. The summed E-state index contributed by atoms with van der Waals surface area (Å²) in [6.45, 7) is 0. The summed E-state index contributed by atoms with van der Waals surface area (Å²) in [4.78, 5) is 1.45. The summed E-state index contributed by atoms with van der Waals surface area (Å²) >= 11 is 1.80. The van der Waals surface area contributed by atoms with Crippen molar-refractivity contribution in [3.05, 3.63) is 5.82 Å². The molecular formula is C7H15N5S. The first-order valence-corrected chi connectivity index (χ1v) is 5.59. The third-order valence-corrected chi connectivity index (χ3v) is 2.33. The molecule has 0 radical (unpaired) electrons. The Labute approximate surface area is 82.1 Å². The van der Waals surface area contributed by atoms with Crippen LogP contribution in [0.2, 0.25) is 0 Å². The van der Waals surface area contributed by atoms with Crippen molar-refractivity contribution in [2.24, 2.45) is 12.8 Å². The summed E-state index contributed by atoms with van der Waals surface area (Å²) in [5, 5.41) is 11.7. The van der Waals surface area contributed by atoms with E-state index in [0.717, 1.165) is 18.0 Å². The van der Waals surface area contributed by atoms with E-state index in [1.165, 1.54) is 4.80 Å². The van der Waals surface area contributed by atoms with E-state index in [4.69, 9.17) is 5.73 Å². The third-order valence-electron chi connectivity index (χ3n) is 1.69. The number of hydrogen-bond acceptors (Lipinski definition) is 5. The minimum absolute atomic E-state index is 0.150. The summed E-state index contributed by atoms with van der Waals surface area (Å²) in [5.41, 5.74) is 5.87. The van der Waals surface area contributed by atoms with Crippen LogP contribution in [0.3, 0.4) is 0 Å². The molecule has 0 bridgehead atoms. The van der Waals surface area contributed by atoms with Gasteiger partial charge in [0.05, 0.1) is 7.05 Å². The number of thioether (sulfide) groups is 1. The predicted molar refractivity (Wildman–Crippen MR) is 53.5 cm³/mol. The van der Waals surface area contributed by atoms with Crippen molar-refractivity contribution in [3.63, 3.8) is 0 Å². The van der Waals surface area contributed by atoms with Crippen LogP contribution in [-0.2, 0) is 13.5 Å². The number of aromatic nitrogens is 4. The summed E-state index contributed by atoms with van der Waals surface area (Å²) in [7, 11) is 1.75. The average molecular weight is 201 g/mol. The van der Waals surface area contributed by atoms with Gasteiger partial charge < -0.3 is 5.73 Å². The first-order chi connectivity index (χ1) is 6.22. The molecular weight excluding hydrogens is 186 g/mol. The largest absolute Gasteiger partial charge is 0.327 e. The fourth-order valence-corrected chi connectivity index (χ4v) is 1.55. The molecule has 1 heterocycles. The van der Waals surface area contributed by atoms with E-state index in [2.05, 4.69) is 21.7 Å². The van der Waals surface area contributed by atoms with Gasteiger partial charge in [-0.1, -0.05) is 0 Å². The lowest BCUT2D eigenvalue weighted by atomic mass is 10.2. The first kappa shape index (κ1) is 10.5. The van der Waals surface area contributed by atoms with Crippen LogP contribution in [0.4, 0.5) is 0 Å². The average Bonchev–Trinajstić information content (AvgIpc) is 2.48. The van der Waals surface area contributed by atoms with Crippen LogP contribution in [0.25, 0.3) is 0 Å². The minimum Gasteiger partial charge on any atom is -0.327 e. The lowest BCUT2D eigenvalue weighted by Gasteiger charge is -2.06. The maximum Gasteiger partial charge on any atom is 0.176 e. The van der Waals surface area contributed by atoms with Crippen LogP contribution < -0.4 is 5.73 Å². The topological polar surface area (TPSA) is 69.6 Å². The lowest BCUT2D eigenvalue weighted by Crippen LogP contribution is -2.24. The normalized spacial score (nSPS) is 13.2. The quantitative estimate of drug-likeness (QED) is 0.716. The molecule has 6 heteroatoms. The Kier molecular flexibility index (Phi) is 4.17. The lowest BCUT2D eigenvalue weighted by molar-refractivity contribution is 0.610. The van der Waals surface area contributed by atoms with Gasteiger partial charge in [0, 0.05) is 12.5 Å². The van der Waals surface area contributed by atoms with Crippen molar-refractivity contribution < 1.29 is 0 Å². The van der Waals surface area contributed by atoms with Crippen LogP contribution in [0.1, 0.15) is 12.2 Å². The van der Waals surface area contributed by atoms with Gasteiger partial charge in [-0.2, -0.15) is 16.6 Å². The van der Waals surface area contributed by atoms with E-state index in [9.17, 15) is 0 Å². The zero-order valence-corrected chi connectivity index (χ0v) is 8.79. The molecule has 0 aromatic carbocycles. The molecule has 0 aliphatic rings. The summed E-state index contributed by atoms with van der Waals surface area (Å²) in [6.07, 6.45) is 3.79. The number of nitrogens with two attached hydrogens (primary N) is 1. The molecule has 5 nitrogen and oxygen atoms in total. The smallest absolute Gasteiger partial charge is 0.176 e. The molecule has 1 unspecified atom stereocenters. The van der Waals surface area contributed by atoms with Crippen molar-refractivity contribution in [1.29, 1.82) is 0 Å². The van der Waals surface area contributed by atoms with E-state index in [1.807, 2.05) is 0 Å². The molecule has 1 rings (SSSR count). The zero-order valence-electron chi connectivity index (χ0n) is 7.97. The second-order valence-electron chi connectivity index (χ2n) is 2.94. The monoisotopic (exact) mass is 201 g/mol. The van der Waals surface area contributed by atoms with Gasteiger partial charge in [0.2, 0.25) is 0 Å². The molecule has 13 heavy (non-hydrogen) atoms. The molecule has 0 spiro atoms. The fraction of sp³-hybridized carbons (Fsp3) is 0.857. The van der Waals surface area contributed by atoms with E-state index >= 15 is 0 Å². The number of hydrogen-bond donors (Lipinski definition) is 1. The third kappa shape index (κ3) is 3.73. The van der Waals surface area contributed by atoms with Gasteiger partial charge in [-0.05, 0) is 23.6 Å². The van der Waals surface area contributed by atoms with Crippen LogP contribution >= 0.6 is 11.8 Å². The minimum atomic E-state index is 0.150. The van der Waals surface area contributed by atoms with Gasteiger partial charge in [0.25, 0.3) is 0 Å². The Bertz CT molecular complexity index is 249. The van der Waals surface area contributed by atoms with Crippen LogP contribution in [0.15, 0.2) is 0 Å². The molecule has 0 aliphatic heterocycles. The Morgan fingerprint density at radius 2 is 2.38 bits per heavy atom. The summed E-state index contributed by atoms with van der Waals surface area (Å²) in [6, 6.07) is 0.150. The van der Waals surface area contributed by atoms with Gasteiger partial charge in [0.15, 0.2) is 5.82 Å². The molecule has 1 atom stereocenters. The number of tetrazole rings is 1. The first-order valence-electron chi connectivity index (χ1n) is 4.19. The molecule has 74 valence electrons. The molecule has 0 saturated carbocycles. The molecule has 1 aromatic heterocycles. The maximum absolute atomic E-state index is 5.87. The van der Waals surface area contributed by atoms with Crippen molar-refractivity contribution in [2.45, 2.75) is 18.9 Å². The predicted octanol–water partition coefficient (Wildman–Crippen LogP) is -0.167. The molecule has 0 saturated heterocycles. The Balaban J connectivity index is 2.31. The van der Waals surface area contributed by atoms with E-state index in [0.29, 0.717) is 6.42 Å². The van der Waals surface area contributed by atoms with Crippen LogP contribution in [-0.4, -0.2) is 38.3 Å². The zero-order chi connectivity index (χ0) is 9.68. The van der Waals surface area contributed by atoms with E-state index in [1.54, 1.807) is 18.8 Å².